The van der Waals surface area contributed by atoms with E-state index in [2.05, 4.69) is 10.3 Å². The Balaban J connectivity index is 1.67. The number of likely N-dealkylation sites (tertiary alicyclic amines) is 1. The zero-order valence-electron chi connectivity index (χ0n) is 17.2. The van der Waals surface area contributed by atoms with E-state index < -0.39 is 11.9 Å². The molecule has 2 fully saturated rings. The molecular weight excluding hydrogens is 391 g/mol. The highest BCUT2D eigenvalue weighted by atomic mass is 19.1. The van der Waals surface area contributed by atoms with Crippen molar-refractivity contribution in [2.75, 3.05) is 18.4 Å². The maximum absolute atomic E-state index is 13.1. The normalized spacial score (nSPS) is 20.1. The van der Waals surface area contributed by atoms with Gasteiger partial charge in [0.2, 0.25) is 18.2 Å². The molecular formula is C21H29FN4O4. The average molecular weight is 420 g/mol. The van der Waals surface area contributed by atoms with E-state index in [0.29, 0.717) is 30.9 Å². The Morgan fingerprint density at radius 1 is 1.47 bits per heavy atom. The van der Waals surface area contributed by atoms with Crippen molar-refractivity contribution in [3.8, 4) is 0 Å². The first-order valence-electron chi connectivity index (χ1n) is 10.5. The highest BCUT2D eigenvalue weighted by molar-refractivity contribution is 5.97. The number of halogens is 1. The molecule has 1 unspecified atom stereocenters. The summed E-state index contributed by atoms with van der Waals surface area (Å²) in [6, 6.07) is 2.00. The van der Waals surface area contributed by atoms with Crippen LogP contribution in [0.25, 0.3) is 0 Å². The van der Waals surface area contributed by atoms with Crippen molar-refractivity contribution in [1.29, 1.82) is 0 Å². The van der Waals surface area contributed by atoms with E-state index in [-0.39, 0.29) is 41.9 Å². The molecule has 1 saturated heterocycles. The van der Waals surface area contributed by atoms with Crippen LogP contribution in [0.2, 0.25) is 0 Å². The Labute approximate surface area is 175 Å². The summed E-state index contributed by atoms with van der Waals surface area (Å²) in [5.74, 6) is -0.896. The molecule has 8 nitrogen and oxygen atoms in total. The highest BCUT2D eigenvalue weighted by Crippen LogP contribution is 2.55. The predicted molar refractivity (Wildman–Crippen MR) is 107 cm³/mol. The molecule has 2 atom stereocenters. The Bertz CT molecular complexity index is 769. The van der Waals surface area contributed by atoms with Crippen LogP contribution in [0.1, 0.15) is 51.9 Å². The standard InChI is InChI=1S/C21H29FN4O4/c1-2-3-4-15(12-25(30)14-27)9-19(28)26-13-21(7-8-21)10-17(26)20(29)24-18-6-5-16(22)11-23-18/h5-6,11,14-15,17,30H,2-4,7-10,12-13H2,1H3,(H,23,24,29)/t15?,17-/m0/s1. The first kappa shape index (κ1) is 22.1. The van der Waals surface area contributed by atoms with Crippen molar-refractivity contribution in [3.63, 3.8) is 0 Å². The highest BCUT2D eigenvalue weighted by Gasteiger charge is 2.55. The fourth-order valence-corrected chi connectivity index (χ4v) is 4.17. The summed E-state index contributed by atoms with van der Waals surface area (Å²) in [7, 11) is 0. The second kappa shape index (κ2) is 9.51. The summed E-state index contributed by atoms with van der Waals surface area (Å²) in [5.41, 5.74) is 0.0125. The van der Waals surface area contributed by atoms with Crippen molar-refractivity contribution < 1.29 is 24.0 Å². The number of pyridine rings is 1. The molecule has 1 aromatic rings. The molecule has 3 rings (SSSR count). The topological polar surface area (TPSA) is 103 Å². The van der Waals surface area contributed by atoms with Gasteiger partial charge in [-0.3, -0.25) is 19.6 Å². The lowest BCUT2D eigenvalue weighted by Crippen LogP contribution is -2.44. The summed E-state index contributed by atoms with van der Waals surface area (Å²) < 4.78 is 13.1. The van der Waals surface area contributed by atoms with Crippen LogP contribution < -0.4 is 5.32 Å². The second-order valence-electron chi connectivity index (χ2n) is 8.53. The fourth-order valence-electron chi connectivity index (χ4n) is 4.17. The van der Waals surface area contributed by atoms with Gasteiger partial charge in [0.1, 0.15) is 17.7 Å². The quantitative estimate of drug-likeness (QED) is 0.344. The van der Waals surface area contributed by atoms with Crippen LogP contribution >= 0.6 is 0 Å². The summed E-state index contributed by atoms with van der Waals surface area (Å²) in [5, 5.41) is 12.8. The number of hydroxylamine groups is 2. The number of carbonyl (C=O) groups is 3. The molecule has 30 heavy (non-hydrogen) atoms. The van der Waals surface area contributed by atoms with Gasteiger partial charge in [0.05, 0.1) is 12.7 Å². The number of aromatic nitrogens is 1. The van der Waals surface area contributed by atoms with Crippen molar-refractivity contribution in [3.05, 3.63) is 24.1 Å². The fraction of sp³-hybridized carbons (Fsp3) is 0.619. The minimum Gasteiger partial charge on any atom is -0.330 e. The van der Waals surface area contributed by atoms with Crippen molar-refractivity contribution in [1.82, 2.24) is 14.9 Å². The third kappa shape index (κ3) is 5.53. The molecule has 0 radical (unpaired) electrons. The molecule has 1 aromatic heterocycles. The maximum atomic E-state index is 13.1. The lowest BCUT2D eigenvalue weighted by Gasteiger charge is -2.27. The van der Waals surface area contributed by atoms with E-state index in [1.54, 1.807) is 4.90 Å². The minimum atomic E-state index is -0.602. The first-order chi connectivity index (χ1) is 14.4. The zero-order chi connectivity index (χ0) is 21.7. The van der Waals surface area contributed by atoms with Crippen LogP contribution in [-0.4, -0.2) is 57.5 Å². The Morgan fingerprint density at radius 2 is 2.23 bits per heavy atom. The lowest BCUT2D eigenvalue weighted by molar-refractivity contribution is -0.154. The minimum absolute atomic E-state index is 0.0125. The molecule has 1 aliphatic heterocycles. The maximum Gasteiger partial charge on any atom is 0.248 e. The second-order valence-corrected chi connectivity index (χ2v) is 8.53. The van der Waals surface area contributed by atoms with Gasteiger partial charge in [0.25, 0.3) is 0 Å². The summed E-state index contributed by atoms with van der Waals surface area (Å²) in [6.45, 7) is 2.67. The zero-order valence-corrected chi connectivity index (χ0v) is 17.2. The van der Waals surface area contributed by atoms with Crippen molar-refractivity contribution in [2.45, 2.75) is 57.9 Å². The van der Waals surface area contributed by atoms with Gasteiger partial charge in [0.15, 0.2) is 0 Å². The van der Waals surface area contributed by atoms with Gasteiger partial charge in [-0.2, -0.15) is 0 Å². The summed E-state index contributed by atoms with van der Waals surface area (Å²) in [6.07, 6.45) is 6.66. The van der Waals surface area contributed by atoms with Crippen LogP contribution in [-0.2, 0) is 14.4 Å². The number of nitrogens with one attached hydrogen (secondary N) is 1. The molecule has 0 bridgehead atoms. The smallest absolute Gasteiger partial charge is 0.248 e. The van der Waals surface area contributed by atoms with E-state index in [1.165, 1.54) is 12.1 Å². The third-order valence-electron chi connectivity index (χ3n) is 6.06. The molecule has 2 heterocycles. The van der Waals surface area contributed by atoms with E-state index in [1.807, 2.05) is 6.92 Å². The average Bonchev–Trinajstić information content (AvgIpc) is 3.37. The predicted octanol–water partition coefficient (Wildman–Crippen LogP) is 2.58. The van der Waals surface area contributed by atoms with Crippen LogP contribution in [0.15, 0.2) is 18.3 Å². The molecule has 2 aliphatic rings. The van der Waals surface area contributed by atoms with E-state index >= 15 is 0 Å². The van der Waals surface area contributed by atoms with Gasteiger partial charge >= 0.3 is 0 Å². The van der Waals surface area contributed by atoms with Gasteiger partial charge in [-0.05, 0) is 49.1 Å². The molecule has 1 aliphatic carbocycles. The van der Waals surface area contributed by atoms with Crippen LogP contribution in [0.3, 0.4) is 0 Å². The monoisotopic (exact) mass is 420 g/mol. The third-order valence-corrected chi connectivity index (χ3v) is 6.06. The van der Waals surface area contributed by atoms with Gasteiger partial charge < -0.3 is 10.2 Å². The molecule has 1 spiro atoms. The molecule has 3 amide bonds. The van der Waals surface area contributed by atoms with Crippen molar-refractivity contribution in [2.24, 2.45) is 11.3 Å². The van der Waals surface area contributed by atoms with Gasteiger partial charge in [-0.1, -0.05) is 19.8 Å². The number of hydrogen-bond acceptors (Lipinski definition) is 5. The number of unbranched alkanes of at least 4 members (excludes halogenated alkanes) is 1. The number of amides is 3. The number of anilines is 1. The number of nitrogens with zero attached hydrogens (tertiary/aromatic N) is 3. The van der Waals surface area contributed by atoms with Crippen LogP contribution in [0, 0.1) is 17.2 Å². The first-order valence-corrected chi connectivity index (χ1v) is 10.5. The van der Waals surface area contributed by atoms with E-state index in [0.717, 1.165) is 31.9 Å². The Kier molecular flexibility index (Phi) is 7.02. The summed E-state index contributed by atoms with van der Waals surface area (Å²) in [4.78, 5) is 42.3. The van der Waals surface area contributed by atoms with Crippen LogP contribution in [0.4, 0.5) is 10.2 Å². The van der Waals surface area contributed by atoms with Gasteiger partial charge in [0, 0.05) is 13.0 Å². The van der Waals surface area contributed by atoms with Crippen molar-refractivity contribution >= 4 is 24.0 Å². The van der Waals surface area contributed by atoms with E-state index in [4.69, 9.17) is 0 Å². The Hall–Kier alpha value is -2.55. The Morgan fingerprint density at radius 3 is 2.83 bits per heavy atom. The number of carbonyl (C=O) groups excluding carboxylic acids is 3. The largest absolute Gasteiger partial charge is 0.330 e. The molecule has 2 N–H and O–H groups in total. The molecule has 9 heteroatoms. The SMILES string of the molecule is CCCCC(CC(=O)N1CC2(CC2)C[C@H]1C(=O)Nc1ccc(F)cn1)CN(O)C=O. The number of hydrogen-bond donors (Lipinski definition) is 2. The molecule has 0 aromatic carbocycles. The summed E-state index contributed by atoms with van der Waals surface area (Å²) >= 11 is 0. The molecule has 164 valence electrons. The van der Waals surface area contributed by atoms with Gasteiger partial charge in [-0.25, -0.2) is 14.4 Å². The number of rotatable bonds is 10. The van der Waals surface area contributed by atoms with Gasteiger partial charge in [-0.15, -0.1) is 0 Å². The van der Waals surface area contributed by atoms with Crippen LogP contribution in [0.5, 0.6) is 0 Å². The lowest BCUT2D eigenvalue weighted by atomic mass is 9.97. The van der Waals surface area contributed by atoms with E-state index in [9.17, 15) is 24.0 Å². The molecule has 1 saturated carbocycles.